The molecule has 1 nitrogen and oxygen atoms in total. The number of alkyl halides is 1. The normalized spacial score (nSPS) is 10.1. The van der Waals surface area contributed by atoms with Gasteiger partial charge in [-0.25, -0.2) is 0 Å². The highest BCUT2D eigenvalue weighted by Crippen LogP contribution is 2.13. The standard InChI is InChI=1S/C10H11BrOS/c1-7-2-8(4-9(12)6-11)5-10(13)3-7/h2-3,5,13H,4,6H2,1H3. The Hall–Kier alpha value is -0.280. The van der Waals surface area contributed by atoms with E-state index in [1.54, 1.807) is 0 Å². The molecule has 0 radical (unpaired) electrons. The maximum atomic E-state index is 11.1. The molecule has 0 spiro atoms. The molecule has 1 rings (SSSR count). The van der Waals surface area contributed by atoms with E-state index in [-0.39, 0.29) is 5.78 Å². The Morgan fingerprint density at radius 3 is 2.69 bits per heavy atom. The fraction of sp³-hybridized carbons (Fsp3) is 0.300. The molecule has 0 heterocycles. The van der Waals surface area contributed by atoms with Crippen molar-refractivity contribution < 1.29 is 4.79 Å². The first kappa shape index (κ1) is 10.8. The molecule has 0 unspecified atom stereocenters. The lowest BCUT2D eigenvalue weighted by Crippen LogP contribution is -2.03. The number of aryl methyl sites for hydroxylation is 1. The molecule has 0 bridgehead atoms. The summed E-state index contributed by atoms with van der Waals surface area (Å²) in [6.07, 6.45) is 0.487. The molecule has 0 aliphatic carbocycles. The first-order chi connectivity index (χ1) is 6.11. The van der Waals surface area contributed by atoms with Crippen molar-refractivity contribution in [2.75, 3.05) is 5.33 Å². The smallest absolute Gasteiger partial charge is 0.147 e. The summed E-state index contributed by atoms with van der Waals surface area (Å²) in [5, 5.41) is 0.419. The molecule has 0 amide bonds. The van der Waals surface area contributed by atoms with Crippen LogP contribution >= 0.6 is 28.6 Å². The summed E-state index contributed by atoms with van der Waals surface area (Å²) < 4.78 is 0. The van der Waals surface area contributed by atoms with Gasteiger partial charge in [0.1, 0.15) is 5.78 Å². The van der Waals surface area contributed by atoms with Gasteiger partial charge in [-0.2, -0.15) is 0 Å². The van der Waals surface area contributed by atoms with Crippen molar-refractivity contribution in [1.29, 1.82) is 0 Å². The second-order valence-corrected chi connectivity index (χ2v) is 4.10. The highest BCUT2D eigenvalue weighted by molar-refractivity contribution is 9.09. The van der Waals surface area contributed by atoms with E-state index in [9.17, 15) is 4.79 Å². The van der Waals surface area contributed by atoms with Crippen LogP contribution in [0.15, 0.2) is 23.1 Å². The third kappa shape index (κ3) is 3.53. The first-order valence-corrected chi connectivity index (χ1v) is 5.56. The number of thiol groups is 1. The van der Waals surface area contributed by atoms with E-state index >= 15 is 0 Å². The Morgan fingerprint density at radius 2 is 2.15 bits per heavy atom. The summed E-state index contributed by atoms with van der Waals surface area (Å²) >= 11 is 7.39. The first-order valence-electron chi connectivity index (χ1n) is 3.99. The molecule has 1 aromatic carbocycles. The SMILES string of the molecule is Cc1cc(S)cc(CC(=O)CBr)c1. The van der Waals surface area contributed by atoms with Crippen molar-refractivity contribution in [3.8, 4) is 0 Å². The highest BCUT2D eigenvalue weighted by Gasteiger charge is 2.02. The Bertz CT molecular complexity index is 302. The van der Waals surface area contributed by atoms with Gasteiger partial charge in [-0.05, 0) is 30.2 Å². The van der Waals surface area contributed by atoms with Gasteiger partial charge in [0.05, 0.1) is 5.33 Å². The summed E-state index contributed by atoms with van der Waals surface area (Å²) in [4.78, 5) is 12.0. The minimum atomic E-state index is 0.193. The molecule has 0 fully saturated rings. The van der Waals surface area contributed by atoms with E-state index in [1.165, 1.54) is 0 Å². The minimum Gasteiger partial charge on any atom is -0.298 e. The van der Waals surface area contributed by atoms with Crippen molar-refractivity contribution in [2.24, 2.45) is 0 Å². The lowest BCUT2D eigenvalue weighted by molar-refractivity contribution is -0.115. The Balaban J connectivity index is 2.83. The fourth-order valence-electron chi connectivity index (χ4n) is 1.22. The monoisotopic (exact) mass is 258 g/mol. The maximum Gasteiger partial charge on any atom is 0.147 e. The molecule has 70 valence electrons. The molecular formula is C10H11BrOS. The molecule has 0 atom stereocenters. The number of hydrogen-bond acceptors (Lipinski definition) is 2. The van der Waals surface area contributed by atoms with E-state index in [2.05, 4.69) is 28.6 Å². The Labute approximate surface area is 92.1 Å². The van der Waals surface area contributed by atoms with Gasteiger partial charge >= 0.3 is 0 Å². The van der Waals surface area contributed by atoms with E-state index in [0.717, 1.165) is 16.0 Å². The van der Waals surface area contributed by atoms with Gasteiger partial charge < -0.3 is 0 Å². The van der Waals surface area contributed by atoms with Crippen LogP contribution in [-0.2, 0) is 11.2 Å². The lowest BCUT2D eigenvalue weighted by Gasteiger charge is -2.02. The molecule has 0 aliphatic heterocycles. The number of rotatable bonds is 3. The summed E-state index contributed by atoms with van der Waals surface area (Å²) in [6, 6.07) is 5.92. The van der Waals surface area contributed by atoms with Crippen molar-refractivity contribution in [3.63, 3.8) is 0 Å². The minimum absolute atomic E-state index is 0.193. The molecule has 13 heavy (non-hydrogen) atoms. The van der Waals surface area contributed by atoms with E-state index in [4.69, 9.17) is 0 Å². The van der Waals surface area contributed by atoms with Gasteiger partial charge in [-0.3, -0.25) is 4.79 Å². The van der Waals surface area contributed by atoms with Crippen LogP contribution < -0.4 is 0 Å². The van der Waals surface area contributed by atoms with Crippen LogP contribution in [-0.4, -0.2) is 11.1 Å². The number of halogens is 1. The second-order valence-electron chi connectivity index (χ2n) is 3.03. The fourth-order valence-corrected chi connectivity index (χ4v) is 1.79. The largest absolute Gasteiger partial charge is 0.298 e. The van der Waals surface area contributed by atoms with E-state index in [1.807, 2.05) is 25.1 Å². The Morgan fingerprint density at radius 1 is 1.46 bits per heavy atom. The zero-order valence-electron chi connectivity index (χ0n) is 7.38. The zero-order chi connectivity index (χ0) is 9.84. The number of benzene rings is 1. The second kappa shape index (κ2) is 4.82. The molecule has 0 N–H and O–H groups in total. The predicted octanol–water partition coefficient (Wildman–Crippen LogP) is 2.79. The summed E-state index contributed by atoms with van der Waals surface area (Å²) in [5.41, 5.74) is 2.18. The van der Waals surface area contributed by atoms with Crippen molar-refractivity contribution in [3.05, 3.63) is 29.3 Å². The van der Waals surface area contributed by atoms with E-state index in [0.29, 0.717) is 11.8 Å². The van der Waals surface area contributed by atoms with Gasteiger partial charge in [0, 0.05) is 11.3 Å². The molecule has 0 aromatic heterocycles. The van der Waals surface area contributed by atoms with Gasteiger partial charge in [-0.15, -0.1) is 12.6 Å². The number of carbonyl (C=O) groups excluding carboxylic acids is 1. The molecular weight excluding hydrogens is 248 g/mol. The third-order valence-corrected chi connectivity index (χ3v) is 2.56. The quantitative estimate of drug-likeness (QED) is 0.652. The van der Waals surface area contributed by atoms with Gasteiger partial charge in [0.15, 0.2) is 0 Å². The molecule has 1 aromatic rings. The van der Waals surface area contributed by atoms with Crippen LogP contribution in [0.3, 0.4) is 0 Å². The number of carbonyl (C=O) groups is 1. The number of hydrogen-bond donors (Lipinski definition) is 1. The van der Waals surface area contributed by atoms with Gasteiger partial charge in [0.2, 0.25) is 0 Å². The lowest BCUT2D eigenvalue weighted by atomic mass is 10.1. The van der Waals surface area contributed by atoms with Crippen LogP contribution in [0.25, 0.3) is 0 Å². The topological polar surface area (TPSA) is 17.1 Å². The van der Waals surface area contributed by atoms with Crippen LogP contribution in [0.5, 0.6) is 0 Å². The third-order valence-electron chi connectivity index (χ3n) is 1.67. The average Bonchev–Trinajstić information content (AvgIpc) is 2.02. The predicted molar refractivity (Wildman–Crippen MR) is 60.9 cm³/mol. The maximum absolute atomic E-state index is 11.1. The van der Waals surface area contributed by atoms with Crippen molar-refractivity contribution >= 4 is 34.3 Å². The summed E-state index contributed by atoms with van der Waals surface area (Å²) in [5.74, 6) is 0.193. The van der Waals surface area contributed by atoms with Gasteiger partial charge in [-0.1, -0.05) is 22.0 Å². The Kier molecular flexibility index (Phi) is 4.00. The van der Waals surface area contributed by atoms with Crippen LogP contribution in [0, 0.1) is 6.92 Å². The summed E-state index contributed by atoms with van der Waals surface area (Å²) in [7, 11) is 0. The summed E-state index contributed by atoms with van der Waals surface area (Å²) in [6.45, 7) is 2.00. The highest BCUT2D eigenvalue weighted by atomic mass is 79.9. The van der Waals surface area contributed by atoms with Crippen LogP contribution in [0.2, 0.25) is 0 Å². The van der Waals surface area contributed by atoms with Crippen LogP contribution in [0.4, 0.5) is 0 Å². The number of Topliss-reactive ketones (excluding diaryl/α,β-unsaturated/α-hetero) is 1. The molecule has 0 saturated heterocycles. The average molecular weight is 259 g/mol. The van der Waals surface area contributed by atoms with E-state index < -0.39 is 0 Å². The molecule has 0 saturated carbocycles. The van der Waals surface area contributed by atoms with Crippen molar-refractivity contribution in [2.45, 2.75) is 18.2 Å². The van der Waals surface area contributed by atoms with Gasteiger partial charge in [0.25, 0.3) is 0 Å². The molecule has 3 heteroatoms. The molecule has 0 aliphatic rings. The van der Waals surface area contributed by atoms with Crippen molar-refractivity contribution in [1.82, 2.24) is 0 Å². The van der Waals surface area contributed by atoms with Crippen LogP contribution in [0.1, 0.15) is 11.1 Å². The number of ketones is 1. The zero-order valence-corrected chi connectivity index (χ0v) is 9.86.